The first-order valence-electron chi connectivity index (χ1n) is 11.6. The van der Waals surface area contributed by atoms with Crippen molar-refractivity contribution in [2.45, 2.75) is 72.1 Å². The van der Waals surface area contributed by atoms with E-state index in [0.29, 0.717) is 26.2 Å². The zero-order valence-corrected chi connectivity index (χ0v) is 19.8. The fourth-order valence-corrected chi connectivity index (χ4v) is 5.05. The minimum Gasteiger partial charge on any atom is -0.372 e. The van der Waals surface area contributed by atoms with Gasteiger partial charge in [0.15, 0.2) is 24.1 Å². The standard InChI is InChI=1S/C24H35N4O4/c1-16-10-25(11-17(2)31-16)23(29)14-27-20(5)28(22-9-7-6-8-21(22)27)15-24(30)26-12-18(3)32-19(4)13-26/h6-9,16-19H,10-15H2,1-5H3/q+1/t16-,17-,18-,19+/m1/s1. The maximum atomic E-state index is 13.2. The van der Waals surface area contributed by atoms with Gasteiger partial charge in [-0.05, 0) is 39.8 Å². The van der Waals surface area contributed by atoms with E-state index in [9.17, 15) is 9.59 Å². The summed E-state index contributed by atoms with van der Waals surface area (Å²) in [7, 11) is 0. The number of morpholine rings is 2. The molecule has 0 bridgehead atoms. The molecule has 0 saturated carbocycles. The van der Waals surface area contributed by atoms with Gasteiger partial charge in [0.1, 0.15) is 0 Å². The highest BCUT2D eigenvalue weighted by Gasteiger charge is 2.32. The number of ether oxygens (including phenoxy) is 2. The molecule has 0 spiro atoms. The molecule has 4 rings (SSSR count). The van der Waals surface area contributed by atoms with Crippen LogP contribution in [-0.2, 0) is 32.2 Å². The molecule has 2 aliphatic heterocycles. The summed E-state index contributed by atoms with van der Waals surface area (Å²) in [6.45, 7) is 12.9. The van der Waals surface area contributed by atoms with Crippen molar-refractivity contribution in [1.29, 1.82) is 0 Å². The van der Waals surface area contributed by atoms with E-state index in [-0.39, 0.29) is 49.3 Å². The van der Waals surface area contributed by atoms with E-state index in [0.717, 1.165) is 16.9 Å². The van der Waals surface area contributed by atoms with Crippen LogP contribution in [0.25, 0.3) is 11.0 Å². The predicted octanol–water partition coefficient (Wildman–Crippen LogP) is 1.51. The van der Waals surface area contributed by atoms with Gasteiger partial charge in [0, 0.05) is 33.1 Å². The number of rotatable bonds is 4. The SMILES string of the molecule is Cc1n(CC(=O)N2C[C@@H](C)O[C@@H](C)C2)c2ccccc2[n+]1CC(=O)N1C[C@@H](C)O[C@H](C)C1. The van der Waals surface area contributed by atoms with E-state index in [1.54, 1.807) is 0 Å². The Morgan fingerprint density at radius 3 is 1.94 bits per heavy atom. The first kappa shape index (κ1) is 22.7. The van der Waals surface area contributed by atoms with Crippen molar-refractivity contribution >= 4 is 22.8 Å². The van der Waals surface area contributed by atoms with Gasteiger partial charge in [0.2, 0.25) is 0 Å². The first-order chi connectivity index (χ1) is 15.2. The van der Waals surface area contributed by atoms with Crippen LogP contribution in [0.4, 0.5) is 0 Å². The Morgan fingerprint density at radius 1 is 0.875 bits per heavy atom. The van der Waals surface area contributed by atoms with Gasteiger partial charge in [-0.3, -0.25) is 9.59 Å². The maximum Gasteiger partial charge on any atom is 0.265 e. The molecular formula is C24H35N4O4+. The zero-order valence-electron chi connectivity index (χ0n) is 19.8. The van der Waals surface area contributed by atoms with Gasteiger partial charge in [-0.15, -0.1) is 0 Å². The van der Waals surface area contributed by atoms with Crippen molar-refractivity contribution < 1.29 is 23.6 Å². The van der Waals surface area contributed by atoms with E-state index in [1.165, 1.54) is 0 Å². The Balaban J connectivity index is 1.58. The van der Waals surface area contributed by atoms with Crippen LogP contribution < -0.4 is 4.57 Å². The highest BCUT2D eigenvalue weighted by molar-refractivity contribution is 5.80. The summed E-state index contributed by atoms with van der Waals surface area (Å²) in [5.41, 5.74) is 1.92. The number of carbonyl (C=O) groups is 2. The smallest absolute Gasteiger partial charge is 0.265 e. The van der Waals surface area contributed by atoms with Gasteiger partial charge in [-0.25, -0.2) is 9.13 Å². The minimum absolute atomic E-state index is 0.0334. The Hall–Kier alpha value is -2.45. The Kier molecular flexibility index (Phi) is 6.53. The molecule has 0 N–H and O–H groups in total. The van der Waals surface area contributed by atoms with Crippen LogP contribution in [-0.4, -0.2) is 76.8 Å². The van der Waals surface area contributed by atoms with Crippen molar-refractivity contribution in [3.8, 4) is 0 Å². The second-order valence-corrected chi connectivity index (χ2v) is 9.32. The molecular weight excluding hydrogens is 408 g/mol. The number of aromatic nitrogens is 2. The Bertz CT molecular complexity index is 906. The van der Waals surface area contributed by atoms with E-state index in [2.05, 4.69) is 0 Å². The van der Waals surface area contributed by atoms with Crippen LogP contribution in [0.1, 0.15) is 33.5 Å². The lowest BCUT2D eigenvalue weighted by Crippen LogP contribution is -2.53. The summed E-state index contributed by atoms with van der Waals surface area (Å²) in [5.74, 6) is 1.05. The highest BCUT2D eigenvalue weighted by atomic mass is 16.5. The van der Waals surface area contributed by atoms with Crippen molar-refractivity contribution in [3.05, 3.63) is 30.1 Å². The largest absolute Gasteiger partial charge is 0.372 e. The monoisotopic (exact) mass is 443 g/mol. The van der Waals surface area contributed by atoms with E-state index >= 15 is 0 Å². The van der Waals surface area contributed by atoms with Gasteiger partial charge in [-0.1, -0.05) is 12.1 Å². The van der Waals surface area contributed by atoms with Gasteiger partial charge in [-0.2, -0.15) is 0 Å². The molecule has 2 aromatic rings. The third-order valence-corrected chi connectivity index (χ3v) is 6.38. The molecule has 174 valence electrons. The number of hydrogen-bond acceptors (Lipinski definition) is 4. The van der Waals surface area contributed by atoms with Crippen LogP contribution in [0.5, 0.6) is 0 Å². The normalized spacial score (nSPS) is 26.5. The molecule has 1 aromatic heterocycles. The number of amides is 2. The second kappa shape index (κ2) is 9.19. The molecule has 3 heterocycles. The zero-order chi connectivity index (χ0) is 23.0. The molecule has 8 heteroatoms. The average molecular weight is 444 g/mol. The van der Waals surface area contributed by atoms with Crippen LogP contribution in [0.3, 0.4) is 0 Å². The number of benzene rings is 1. The molecule has 2 fully saturated rings. The lowest BCUT2D eigenvalue weighted by Gasteiger charge is -2.35. The van der Waals surface area contributed by atoms with Gasteiger partial charge in [0.05, 0.1) is 24.4 Å². The fraction of sp³-hybridized carbons (Fsp3) is 0.625. The fourth-order valence-electron chi connectivity index (χ4n) is 5.05. The van der Waals surface area contributed by atoms with E-state index < -0.39 is 0 Å². The molecule has 2 aliphatic rings. The quantitative estimate of drug-likeness (QED) is 0.672. The summed E-state index contributed by atoms with van der Waals surface area (Å²) in [4.78, 5) is 30.1. The van der Waals surface area contributed by atoms with Crippen molar-refractivity contribution in [2.75, 3.05) is 26.2 Å². The molecule has 32 heavy (non-hydrogen) atoms. The molecule has 2 amide bonds. The molecule has 2 saturated heterocycles. The summed E-state index contributed by atoms with van der Waals surface area (Å²) in [6, 6.07) is 7.97. The summed E-state index contributed by atoms with van der Waals surface area (Å²) in [6.07, 6.45) is 0.134. The Labute approximate surface area is 189 Å². The third-order valence-electron chi connectivity index (χ3n) is 6.38. The molecule has 4 atom stereocenters. The minimum atomic E-state index is 0.0334. The lowest BCUT2D eigenvalue weighted by molar-refractivity contribution is -0.666. The average Bonchev–Trinajstić information content (AvgIpc) is 2.98. The van der Waals surface area contributed by atoms with Crippen LogP contribution >= 0.6 is 0 Å². The van der Waals surface area contributed by atoms with Crippen molar-refractivity contribution in [2.24, 2.45) is 0 Å². The number of nitrogens with zero attached hydrogens (tertiary/aromatic N) is 4. The predicted molar refractivity (Wildman–Crippen MR) is 120 cm³/mol. The molecule has 0 unspecified atom stereocenters. The number of para-hydroxylation sites is 2. The third kappa shape index (κ3) is 4.66. The summed E-state index contributed by atoms with van der Waals surface area (Å²) >= 11 is 0. The Morgan fingerprint density at radius 2 is 1.38 bits per heavy atom. The number of hydrogen-bond donors (Lipinski definition) is 0. The summed E-state index contributed by atoms with van der Waals surface area (Å²) in [5, 5.41) is 0. The van der Waals surface area contributed by atoms with Crippen LogP contribution in [0, 0.1) is 6.92 Å². The molecule has 0 aliphatic carbocycles. The number of imidazole rings is 1. The highest BCUT2D eigenvalue weighted by Crippen LogP contribution is 2.17. The first-order valence-corrected chi connectivity index (χ1v) is 11.6. The summed E-state index contributed by atoms with van der Waals surface area (Å²) < 4.78 is 15.6. The molecule has 8 nitrogen and oxygen atoms in total. The topological polar surface area (TPSA) is 67.9 Å². The van der Waals surface area contributed by atoms with Gasteiger partial charge in [0.25, 0.3) is 17.6 Å². The lowest BCUT2D eigenvalue weighted by atomic mass is 10.2. The molecule has 1 aromatic carbocycles. The molecule has 0 radical (unpaired) electrons. The van der Waals surface area contributed by atoms with Crippen molar-refractivity contribution in [1.82, 2.24) is 14.4 Å². The van der Waals surface area contributed by atoms with E-state index in [4.69, 9.17) is 9.47 Å². The van der Waals surface area contributed by atoms with Crippen LogP contribution in [0.2, 0.25) is 0 Å². The van der Waals surface area contributed by atoms with Gasteiger partial charge < -0.3 is 19.3 Å². The number of fused-ring (bicyclic) bond motifs is 1. The van der Waals surface area contributed by atoms with Crippen LogP contribution in [0.15, 0.2) is 24.3 Å². The second-order valence-electron chi connectivity index (χ2n) is 9.32. The van der Waals surface area contributed by atoms with E-state index in [1.807, 2.05) is 77.8 Å². The van der Waals surface area contributed by atoms with Crippen molar-refractivity contribution in [3.63, 3.8) is 0 Å². The maximum absolute atomic E-state index is 13.2. The number of carbonyl (C=O) groups excluding carboxylic acids is 2. The van der Waals surface area contributed by atoms with Gasteiger partial charge >= 0.3 is 0 Å².